The highest BCUT2D eigenvalue weighted by Crippen LogP contribution is 2.13. The van der Waals surface area contributed by atoms with Crippen LogP contribution < -0.4 is 4.74 Å². The van der Waals surface area contributed by atoms with Gasteiger partial charge in [0.05, 0.1) is 6.61 Å². The molecule has 2 nitrogen and oxygen atoms in total. The quantitative estimate of drug-likeness (QED) is 0.149. The van der Waals surface area contributed by atoms with Gasteiger partial charge in [-0.15, -0.1) is 0 Å². The molecule has 0 spiro atoms. The summed E-state index contributed by atoms with van der Waals surface area (Å²) < 4.78 is 5.70. The van der Waals surface area contributed by atoms with Gasteiger partial charge in [-0.1, -0.05) is 89.0 Å². The van der Waals surface area contributed by atoms with E-state index in [1.54, 1.807) is 12.1 Å². The van der Waals surface area contributed by atoms with Crippen molar-refractivity contribution in [2.24, 2.45) is 0 Å². The number of allylic oxidation sites excluding steroid dienone is 2. The number of aldehydes is 1. The summed E-state index contributed by atoms with van der Waals surface area (Å²) in [5, 5.41) is 0. The molecule has 1 rings (SSSR count). The zero-order chi connectivity index (χ0) is 19.4. The van der Waals surface area contributed by atoms with Gasteiger partial charge in [0.1, 0.15) is 12.0 Å². The predicted molar refractivity (Wildman–Crippen MR) is 117 cm³/mol. The van der Waals surface area contributed by atoms with Crippen LogP contribution >= 0.6 is 0 Å². The second kappa shape index (κ2) is 17.8. The minimum Gasteiger partial charge on any atom is -0.494 e. The summed E-state index contributed by atoms with van der Waals surface area (Å²) in [6.07, 6.45) is 24.1. The fourth-order valence-electron chi connectivity index (χ4n) is 3.22. The summed E-state index contributed by atoms with van der Waals surface area (Å²) >= 11 is 0. The van der Waals surface area contributed by atoms with Gasteiger partial charge in [0.25, 0.3) is 0 Å². The van der Waals surface area contributed by atoms with Crippen LogP contribution in [0.15, 0.2) is 36.4 Å². The standard InChI is InChI=1S/C25H40O2/c1-2-3-4-5-6-7-8-9-10-11-12-13-14-15-16-17-21-27-25-20-18-19-24(22-25)23-26/h9-10,18-20,22-23H,2-8,11-17,21H2,1H3. The summed E-state index contributed by atoms with van der Waals surface area (Å²) in [6, 6.07) is 7.37. The molecule has 0 aliphatic heterocycles. The van der Waals surface area contributed by atoms with Crippen LogP contribution in [-0.2, 0) is 0 Å². The summed E-state index contributed by atoms with van der Waals surface area (Å²) in [7, 11) is 0. The third kappa shape index (κ3) is 14.2. The number of hydrogen-bond donors (Lipinski definition) is 0. The van der Waals surface area contributed by atoms with Crippen LogP contribution in [0.3, 0.4) is 0 Å². The predicted octanol–water partition coefficient (Wildman–Crippen LogP) is 7.92. The van der Waals surface area contributed by atoms with Crippen molar-refractivity contribution in [1.29, 1.82) is 0 Å². The minimum atomic E-state index is 0.675. The fourth-order valence-corrected chi connectivity index (χ4v) is 3.22. The van der Waals surface area contributed by atoms with Crippen molar-refractivity contribution in [3.63, 3.8) is 0 Å². The minimum absolute atomic E-state index is 0.675. The molecule has 0 amide bonds. The number of rotatable bonds is 18. The second-order valence-corrected chi connectivity index (χ2v) is 7.48. The van der Waals surface area contributed by atoms with Gasteiger partial charge in [0, 0.05) is 5.56 Å². The SMILES string of the molecule is CCCCCCCCC=CCCCCCCCCOc1cccc(C=O)c1. The molecule has 0 N–H and O–H groups in total. The van der Waals surface area contributed by atoms with Crippen LogP contribution in [0.1, 0.15) is 107 Å². The lowest BCUT2D eigenvalue weighted by molar-refractivity contribution is 0.112. The van der Waals surface area contributed by atoms with E-state index in [9.17, 15) is 4.79 Å². The number of benzene rings is 1. The molecule has 0 aliphatic rings. The van der Waals surface area contributed by atoms with Crippen molar-refractivity contribution in [3.8, 4) is 5.75 Å². The van der Waals surface area contributed by atoms with E-state index in [-0.39, 0.29) is 0 Å². The van der Waals surface area contributed by atoms with Crippen molar-refractivity contribution in [1.82, 2.24) is 0 Å². The Morgan fingerprint density at radius 3 is 2.00 bits per heavy atom. The summed E-state index contributed by atoms with van der Waals surface area (Å²) in [6.45, 7) is 3.01. The molecule has 27 heavy (non-hydrogen) atoms. The van der Waals surface area contributed by atoms with E-state index in [1.807, 2.05) is 12.1 Å². The molecule has 2 heteroatoms. The van der Waals surface area contributed by atoms with E-state index in [1.165, 1.54) is 83.5 Å². The molecule has 0 radical (unpaired) electrons. The first kappa shape index (κ1) is 23.5. The molecule has 0 aromatic heterocycles. The molecular weight excluding hydrogens is 332 g/mol. The van der Waals surface area contributed by atoms with Crippen LogP contribution in [0.25, 0.3) is 0 Å². The number of hydrogen-bond acceptors (Lipinski definition) is 2. The average molecular weight is 373 g/mol. The van der Waals surface area contributed by atoms with Crippen molar-refractivity contribution < 1.29 is 9.53 Å². The Labute approximate surface area is 167 Å². The van der Waals surface area contributed by atoms with Crippen molar-refractivity contribution >= 4 is 6.29 Å². The van der Waals surface area contributed by atoms with E-state index in [4.69, 9.17) is 4.74 Å². The first-order chi connectivity index (χ1) is 13.4. The van der Waals surface area contributed by atoms with Crippen LogP contribution in [0.2, 0.25) is 0 Å². The van der Waals surface area contributed by atoms with Gasteiger partial charge in [-0.25, -0.2) is 0 Å². The zero-order valence-corrected chi connectivity index (χ0v) is 17.5. The third-order valence-corrected chi connectivity index (χ3v) is 4.92. The Morgan fingerprint density at radius 1 is 0.778 bits per heavy atom. The number of unbranched alkanes of at least 4 members (excludes halogenated alkanes) is 12. The number of ether oxygens (including phenoxy) is 1. The summed E-state index contributed by atoms with van der Waals surface area (Å²) in [5.74, 6) is 0.798. The van der Waals surface area contributed by atoms with Crippen LogP contribution in [-0.4, -0.2) is 12.9 Å². The topological polar surface area (TPSA) is 26.3 Å². The molecule has 0 fully saturated rings. The molecule has 1 aromatic rings. The Bertz CT molecular complexity index is 493. The monoisotopic (exact) mass is 372 g/mol. The zero-order valence-electron chi connectivity index (χ0n) is 17.5. The number of carbonyl (C=O) groups excluding carboxylic acids is 1. The normalized spacial score (nSPS) is 11.1. The van der Waals surface area contributed by atoms with Gasteiger partial charge in [-0.3, -0.25) is 4.79 Å². The highest BCUT2D eigenvalue weighted by atomic mass is 16.5. The molecule has 0 atom stereocenters. The lowest BCUT2D eigenvalue weighted by Crippen LogP contribution is -1.97. The molecular formula is C25H40O2. The molecule has 0 unspecified atom stereocenters. The van der Waals surface area contributed by atoms with Crippen molar-refractivity contribution in [2.75, 3.05) is 6.61 Å². The van der Waals surface area contributed by atoms with Gasteiger partial charge in [0.15, 0.2) is 0 Å². The Hall–Kier alpha value is -1.57. The first-order valence-electron chi connectivity index (χ1n) is 11.2. The lowest BCUT2D eigenvalue weighted by atomic mass is 10.1. The summed E-state index contributed by atoms with van der Waals surface area (Å²) in [4.78, 5) is 10.7. The fraction of sp³-hybridized carbons (Fsp3) is 0.640. The maximum atomic E-state index is 10.7. The van der Waals surface area contributed by atoms with Gasteiger partial charge < -0.3 is 4.74 Å². The van der Waals surface area contributed by atoms with Gasteiger partial charge in [-0.2, -0.15) is 0 Å². The molecule has 0 saturated heterocycles. The third-order valence-electron chi connectivity index (χ3n) is 4.92. The smallest absolute Gasteiger partial charge is 0.150 e. The molecule has 0 heterocycles. The molecule has 0 aliphatic carbocycles. The van der Waals surface area contributed by atoms with Crippen LogP contribution in [0, 0.1) is 0 Å². The van der Waals surface area contributed by atoms with Crippen LogP contribution in [0.5, 0.6) is 5.75 Å². The maximum absolute atomic E-state index is 10.7. The summed E-state index contributed by atoms with van der Waals surface area (Å²) in [5.41, 5.74) is 0.675. The maximum Gasteiger partial charge on any atom is 0.150 e. The molecule has 0 bridgehead atoms. The van der Waals surface area contributed by atoms with Crippen LogP contribution in [0.4, 0.5) is 0 Å². The first-order valence-corrected chi connectivity index (χ1v) is 11.2. The van der Waals surface area contributed by atoms with E-state index in [0.717, 1.165) is 25.1 Å². The van der Waals surface area contributed by atoms with Gasteiger partial charge in [0.2, 0.25) is 0 Å². The second-order valence-electron chi connectivity index (χ2n) is 7.48. The molecule has 152 valence electrons. The molecule has 0 saturated carbocycles. The Morgan fingerprint density at radius 2 is 1.37 bits per heavy atom. The Kier molecular flexibility index (Phi) is 15.5. The highest BCUT2D eigenvalue weighted by Gasteiger charge is 1.96. The van der Waals surface area contributed by atoms with E-state index in [0.29, 0.717) is 5.56 Å². The largest absolute Gasteiger partial charge is 0.494 e. The average Bonchev–Trinajstić information content (AvgIpc) is 2.70. The van der Waals surface area contributed by atoms with E-state index < -0.39 is 0 Å². The van der Waals surface area contributed by atoms with E-state index in [2.05, 4.69) is 19.1 Å². The Balaban J connectivity index is 1.82. The van der Waals surface area contributed by atoms with E-state index >= 15 is 0 Å². The van der Waals surface area contributed by atoms with Gasteiger partial charge in [-0.05, 0) is 44.2 Å². The molecule has 1 aromatic carbocycles. The lowest BCUT2D eigenvalue weighted by Gasteiger charge is -2.06. The van der Waals surface area contributed by atoms with Crippen molar-refractivity contribution in [3.05, 3.63) is 42.0 Å². The van der Waals surface area contributed by atoms with Gasteiger partial charge >= 0.3 is 0 Å². The van der Waals surface area contributed by atoms with Crippen molar-refractivity contribution in [2.45, 2.75) is 96.8 Å². The number of carbonyl (C=O) groups is 1. The highest BCUT2D eigenvalue weighted by molar-refractivity contribution is 5.75.